The molecule has 7 nitrogen and oxygen atoms in total. The first-order valence-electron chi connectivity index (χ1n) is 9.62. The Labute approximate surface area is 155 Å². The smallest absolute Gasteiger partial charge is 0.227 e. The summed E-state index contributed by atoms with van der Waals surface area (Å²) in [5.74, 6) is 0.698. The van der Waals surface area contributed by atoms with Crippen molar-refractivity contribution in [1.29, 1.82) is 0 Å². The van der Waals surface area contributed by atoms with Crippen molar-refractivity contribution < 1.29 is 9.59 Å². The van der Waals surface area contributed by atoms with Crippen LogP contribution >= 0.6 is 0 Å². The number of rotatable bonds is 6. The molecule has 2 fully saturated rings. The lowest BCUT2D eigenvalue weighted by Gasteiger charge is -2.33. The summed E-state index contributed by atoms with van der Waals surface area (Å²) in [5.41, 5.74) is 1.18. The summed E-state index contributed by atoms with van der Waals surface area (Å²) in [6.45, 7) is 6.70. The molecule has 144 valence electrons. The average Bonchev–Trinajstić information content (AvgIpc) is 3.18. The maximum atomic E-state index is 12.8. The van der Waals surface area contributed by atoms with E-state index in [0.717, 1.165) is 39.0 Å². The zero-order chi connectivity index (χ0) is 18.7. The van der Waals surface area contributed by atoms with E-state index in [1.165, 1.54) is 5.56 Å². The zero-order valence-corrected chi connectivity index (χ0v) is 16.2. The SMILES string of the molecule is Cc1cnn(CC2CCN(C(=O)C3CC(=O)N(CCN(C)C)C3)CC2)c1. The Balaban J connectivity index is 1.45. The summed E-state index contributed by atoms with van der Waals surface area (Å²) in [4.78, 5) is 30.9. The number of carbonyl (C=O) groups is 2. The lowest BCUT2D eigenvalue weighted by atomic mass is 9.95. The molecular weight excluding hydrogens is 330 g/mol. The second-order valence-electron chi connectivity index (χ2n) is 8.05. The van der Waals surface area contributed by atoms with Gasteiger partial charge < -0.3 is 14.7 Å². The average molecular weight is 361 g/mol. The Kier molecular flexibility index (Phi) is 5.96. The van der Waals surface area contributed by atoms with Gasteiger partial charge in [0, 0.05) is 51.9 Å². The standard InChI is InChI=1S/C19H31N5O2/c1-15-11-20-24(12-15)13-16-4-6-22(7-5-16)19(26)17-10-18(25)23(14-17)9-8-21(2)3/h11-12,16-17H,4-10,13-14H2,1-3H3. The van der Waals surface area contributed by atoms with Crippen molar-refractivity contribution >= 4 is 11.8 Å². The van der Waals surface area contributed by atoms with Crippen molar-refractivity contribution in [3.63, 3.8) is 0 Å². The third-order valence-corrected chi connectivity index (χ3v) is 5.51. The predicted octanol–water partition coefficient (Wildman–Crippen LogP) is 0.840. The first-order valence-corrected chi connectivity index (χ1v) is 9.62. The molecule has 2 aliphatic rings. The van der Waals surface area contributed by atoms with Crippen LogP contribution in [0, 0.1) is 18.8 Å². The summed E-state index contributed by atoms with van der Waals surface area (Å²) in [6.07, 6.45) is 6.35. The lowest BCUT2D eigenvalue weighted by Crippen LogP contribution is -2.43. The fourth-order valence-corrected chi connectivity index (χ4v) is 3.90. The number of aromatic nitrogens is 2. The number of likely N-dealkylation sites (tertiary alicyclic amines) is 2. The van der Waals surface area contributed by atoms with E-state index in [0.29, 0.717) is 25.4 Å². The molecule has 1 unspecified atom stereocenters. The van der Waals surface area contributed by atoms with E-state index in [2.05, 4.69) is 23.1 Å². The number of hydrogen-bond acceptors (Lipinski definition) is 4. The second-order valence-corrected chi connectivity index (χ2v) is 8.05. The van der Waals surface area contributed by atoms with Gasteiger partial charge in [-0.05, 0) is 45.3 Å². The van der Waals surface area contributed by atoms with Crippen molar-refractivity contribution in [2.24, 2.45) is 11.8 Å². The molecule has 2 saturated heterocycles. The number of likely N-dealkylation sites (N-methyl/N-ethyl adjacent to an activating group) is 1. The van der Waals surface area contributed by atoms with Gasteiger partial charge in [-0.2, -0.15) is 5.10 Å². The van der Waals surface area contributed by atoms with Gasteiger partial charge >= 0.3 is 0 Å². The minimum atomic E-state index is -0.157. The highest BCUT2D eigenvalue weighted by Gasteiger charge is 2.37. The number of piperidine rings is 1. The van der Waals surface area contributed by atoms with Gasteiger partial charge in [-0.3, -0.25) is 14.3 Å². The van der Waals surface area contributed by atoms with E-state index in [4.69, 9.17) is 0 Å². The minimum Gasteiger partial charge on any atom is -0.342 e. The van der Waals surface area contributed by atoms with Gasteiger partial charge in [0.1, 0.15) is 0 Å². The number of nitrogens with zero attached hydrogens (tertiary/aromatic N) is 5. The maximum Gasteiger partial charge on any atom is 0.227 e. The van der Waals surface area contributed by atoms with Crippen LogP contribution in [0.1, 0.15) is 24.8 Å². The first-order chi connectivity index (χ1) is 12.4. The van der Waals surface area contributed by atoms with E-state index < -0.39 is 0 Å². The molecule has 3 heterocycles. The molecule has 0 aliphatic carbocycles. The normalized spacial score (nSPS) is 21.8. The van der Waals surface area contributed by atoms with Gasteiger partial charge in [-0.1, -0.05) is 0 Å². The van der Waals surface area contributed by atoms with E-state index in [9.17, 15) is 9.59 Å². The summed E-state index contributed by atoms with van der Waals surface area (Å²) < 4.78 is 2.01. The Morgan fingerprint density at radius 1 is 1.31 bits per heavy atom. The second kappa shape index (κ2) is 8.20. The Bertz CT molecular complexity index is 634. The molecule has 0 spiro atoms. The summed E-state index contributed by atoms with van der Waals surface area (Å²) in [7, 11) is 4.00. The van der Waals surface area contributed by atoms with Crippen molar-refractivity contribution in [2.75, 3.05) is 46.8 Å². The number of hydrogen-bond donors (Lipinski definition) is 0. The Hall–Kier alpha value is -1.89. The molecule has 2 aliphatic heterocycles. The van der Waals surface area contributed by atoms with Gasteiger partial charge in [0.15, 0.2) is 0 Å². The highest BCUT2D eigenvalue weighted by Crippen LogP contribution is 2.24. The number of aryl methyl sites for hydroxylation is 1. The fourth-order valence-electron chi connectivity index (χ4n) is 3.90. The highest BCUT2D eigenvalue weighted by atomic mass is 16.2. The predicted molar refractivity (Wildman–Crippen MR) is 99.5 cm³/mol. The van der Waals surface area contributed by atoms with Crippen LogP contribution in [0.5, 0.6) is 0 Å². The van der Waals surface area contributed by atoms with Crippen molar-refractivity contribution in [2.45, 2.75) is 32.7 Å². The molecule has 0 aromatic carbocycles. The number of amides is 2. The summed E-state index contributed by atoms with van der Waals surface area (Å²) in [6, 6.07) is 0. The Morgan fingerprint density at radius 2 is 2.04 bits per heavy atom. The van der Waals surface area contributed by atoms with Gasteiger partial charge in [-0.25, -0.2) is 0 Å². The molecule has 26 heavy (non-hydrogen) atoms. The zero-order valence-electron chi connectivity index (χ0n) is 16.2. The quantitative estimate of drug-likeness (QED) is 0.753. The van der Waals surface area contributed by atoms with Crippen molar-refractivity contribution in [3.8, 4) is 0 Å². The molecule has 0 saturated carbocycles. The molecule has 2 amide bonds. The van der Waals surface area contributed by atoms with Crippen LogP contribution in [0.3, 0.4) is 0 Å². The van der Waals surface area contributed by atoms with E-state index in [1.54, 1.807) is 0 Å². The van der Waals surface area contributed by atoms with Crippen LogP contribution < -0.4 is 0 Å². The molecule has 0 radical (unpaired) electrons. The Morgan fingerprint density at radius 3 is 2.65 bits per heavy atom. The fraction of sp³-hybridized carbons (Fsp3) is 0.737. The molecule has 1 aromatic heterocycles. The summed E-state index contributed by atoms with van der Waals surface area (Å²) >= 11 is 0. The van der Waals surface area contributed by atoms with Gasteiger partial charge in [-0.15, -0.1) is 0 Å². The van der Waals surface area contributed by atoms with Crippen LogP contribution in [0.4, 0.5) is 0 Å². The first kappa shape index (κ1) is 18.9. The van der Waals surface area contributed by atoms with Crippen molar-refractivity contribution in [3.05, 3.63) is 18.0 Å². The third kappa shape index (κ3) is 4.63. The maximum absolute atomic E-state index is 12.8. The molecule has 1 atom stereocenters. The van der Waals surface area contributed by atoms with Crippen LogP contribution in [0.25, 0.3) is 0 Å². The lowest BCUT2D eigenvalue weighted by molar-refractivity contribution is -0.137. The van der Waals surface area contributed by atoms with E-state index in [1.807, 2.05) is 34.8 Å². The van der Waals surface area contributed by atoms with Gasteiger partial charge in [0.05, 0.1) is 12.1 Å². The highest BCUT2D eigenvalue weighted by molar-refractivity contribution is 5.89. The topological polar surface area (TPSA) is 61.7 Å². The van der Waals surface area contributed by atoms with Crippen LogP contribution in [0.2, 0.25) is 0 Å². The molecular formula is C19H31N5O2. The van der Waals surface area contributed by atoms with Crippen molar-refractivity contribution in [1.82, 2.24) is 24.5 Å². The van der Waals surface area contributed by atoms with E-state index >= 15 is 0 Å². The summed E-state index contributed by atoms with van der Waals surface area (Å²) in [5, 5.41) is 4.36. The molecule has 0 bridgehead atoms. The van der Waals surface area contributed by atoms with Gasteiger partial charge in [0.25, 0.3) is 0 Å². The monoisotopic (exact) mass is 361 g/mol. The molecule has 3 rings (SSSR count). The third-order valence-electron chi connectivity index (χ3n) is 5.51. The minimum absolute atomic E-state index is 0.120. The molecule has 0 N–H and O–H groups in total. The van der Waals surface area contributed by atoms with Crippen LogP contribution in [0.15, 0.2) is 12.4 Å². The number of carbonyl (C=O) groups excluding carboxylic acids is 2. The molecule has 1 aromatic rings. The molecule has 7 heteroatoms. The van der Waals surface area contributed by atoms with Crippen LogP contribution in [-0.2, 0) is 16.1 Å². The largest absolute Gasteiger partial charge is 0.342 e. The van der Waals surface area contributed by atoms with Crippen LogP contribution in [-0.4, -0.2) is 83.1 Å². The van der Waals surface area contributed by atoms with Gasteiger partial charge in [0.2, 0.25) is 11.8 Å². The van der Waals surface area contributed by atoms with E-state index in [-0.39, 0.29) is 17.7 Å².